The predicted molar refractivity (Wildman–Crippen MR) is 148 cm³/mol. The summed E-state index contributed by atoms with van der Waals surface area (Å²) in [5, 5.41) is 6.99. The molecule has 3 rings (SSSR count). The third-order valence-corrected chi connectivity index (χ3v) is 8.15. The molecular weight excluding hydrogens is 502 g/mol. The van der Waals surface area contributed by atoms with Crippen LogP contribution in [0.5, 0.6) is 0 Å². The van der Waals surface area contributed by atoms with Gasteiger partial charge < -0.3 is 15.4 Å². The van der Waals surface area contributed by atoms with Gasteiger partial charge in [0.25, 0.3) is 10.0 Å². The van der Waals surface area contributed by atoms with Crippen molar-refractivity contribution >= 4 is 61.0 Å². The van der Waals surface area contributed by atoms with E-state index in [-0.39, 0.29) is 10.0 Å². The lowest BCUT2D eigenvalue weighted by atomic mass is 10.1. The molecule has 0 bridgehead atoms. The number of hydrogen-bond acceptors (Lipinski definition) is 6. The molecule has 0 spiro atoms. The summed E-state index contributed by atoms with van der Waals surface area (Å²) >= 11 is 6.85. The van der Waals surface area contributed by atoms with E-state index in [1.54, 1.807) is 12.1 Å². The van der Waals surface area contributed by atoms with Crippen LogP contribution >= 0.6 is 23.6 Å². The highest BCUT2D eigenvalue weighted by molar-refractivity contribution is 7.92. The monoisotopic (exact) mass is 531 g/mol. The molecule has 3 N–H and O–H groups in total. The quantitative estimate of drug-likeness (QED) is 0.256. The van der Waals surface area contributed by atoms with E-state index >= 15 is 0 Å². The summed E-state index contributed by atoms with van der Waals surface area (Å²) < 4.78 is 33.5. The second kappa shape index (κ2) is 10.8. The fourth-order valence-corrected chi connectivity index (χ4v) is 6.55. The molecule has 0 amide bonds. The average molecular weight is 532 g/mol. The first-order valence-corrected chi connectivity index (χ1v) is 13.7. The number of thiocarbonyl (C=S) groups is 1. The molecule has 0 saturated heterocycles. The van der Waals surface area contributed by atoms with Crippen LogP contribution in [-0.4, -0.2) is 26.6 Å². The van der Waals surface area contributed by atoms with E-state index in [1.807, 2.05) is 46.8 Å². The Morgan fingerprint density at radius 3 is 2.17 bits per heavy atom. The Kier molecular flexibility index (Phi) is 8.19. The van der Waals surface area contributed by atoms with Crippen molar-refractivity contribution in [1.29, 1.82) is 0 Å². The minimum Gasteiger partial charge on any atom is -0.465 e. The highest BCUT2D eigenvalue weighted by atomic mass is 32.2. The van der Waals surface area contributed by atoms with Crippen molar-refractivity contribution in [2.45, 2.75) is 45.9 Å². The molecule has 2 aromatic carbocycles. The molecule has 10 heteroatoms. The van der Waals surface area contributed by atoms with Crippen LogP contribution in [0.3, 0.4) is 0 Å². The summed E-state index contributed by atoms with van der Waals surface area (Å²) in [5.41, 5.74) is 5.40. The van der Waals surface area contributed by atoms with E-state index in [0.717, 1.165) is 27.1 Å². The second-order valence-electron chi connectivity index (χ2n) is 8.17. The third kappa shape index (κ3) is 6.01. The second-order valence-corrected chi connectivity index (χ2v) is 11.5. The Labute approximate surface area is 216 Å². The van der Waals surface area contributed by atoms with Gasteiger partial charge in [-0.25, -0.2) is 13.2 Å². The first kappa shape index (κ1) is 26.7. The lowest BCUT2D eigenvalue weighted by molar-refractivity contribution is 0.0601. The predicted octanol–water partition coefficient (Wildman–Crippen LogP) is 5.94. The minimum absolute atomic E-state index is 0.135. The molecule has 0 unspecified atom stereocenters. The van der Waals surface area contributed by atoms with Crippen LogP contribution < -0.4 is 15.4 Å². The van der Waals surface area contributed by atoms with Gasteiger partial charge in [-0.3, -0.25) is 4.72 Å². The first-order valence-electron chi connectivity index (χ1n) is 11.0. The topological polar surface area (TPSA) is 96.5 Å². The summed E-state index contributed by atoms with van der Waals surface area (Å²) in [7, 11) is -2.42. The molecule has 0 atom stereocenters. The molecule has 7 nitrogen and oxygen atoms in total. The van der Waals surface area contributed by atoms with Crippen molar-refractivity contribution in [2.24, 2.45) is 0 Å². The standard InChI is InChI=1S/C25H29N3O4S3/c1-7-20-17(5)34-23(21(20)24(29)32-6)27-25(33)26-18-8-10-19(11-9-18)35(30,31)28-22-15(3)12-14(2)13-16(22)4/h8-13,28H,7H2,1-6H3,(H2,26,27,33). The van der Waals surface area contributed by atoms with Gasteiger partial charge in [-0.15, -0.1) is 11.3 Å². The number of nitrogens with one attached hydrogen (secondary N) is 3. The highest BCUT2D eigenvalue weighted by Crippen LogP contribution is 2.34. The zero-order chi connectivity index (χ0) is 25.9. The van der Waals surface area contributed by atoms with Gasteiger partial charge in [0.2, 0.25) is 0 Å². The van der Waals surface area contributed by atoms with Gasteiger partial charge in [0.15, 0.2) is 5.11 Å². The van der Waals surface area contributed by atoms with Gasteiger partial charge >= 0.3 is 5.97 Å². The summed E-state index contributed by atoms with van der Waals surface area (Å²) in [6.07, 6.45) is 0.695. The lowest BCUT2D eigenvalue weighted by Crippen LogP contribution is -2.20. The van der Waals surface area contributed by atoms with Crippen LogP contribution in [0, 0.1) is 27.7 Å². The zero-order valence-electron chi connectivity index (χ0n) is 20.5. The number of aryl methyl sites for hydroxylation is 4. The van der Waals surface area contributed by atoms with Crippen molar-refractivity contribution in [3.8, 4) is 0 Å². The summed E-state index contributed by atoms with van der Waals surface area (Å²) in [6.45, 7) is 9.66. The number of carbonyl (C=O) groups is 1. The van der Waals surface area contributed by atoms with E-state index in [9.17, 15) is 13.2 Å². The maximum Gasteiger partial charge on any atom is 0.341 e. The van der Waals surface area contributed by atoms with E-state index in [4.69, 9.17) is 17.0 Å². The van der Waals surface area contributed by atoms with Crippen LogP contribution in [0.2, 0.25) is 0 Å². The van der Waals surface area contributed by atoms with E-state index in [0.29, 0.717) is 28.4 Å². The van der Waals surface area contributed by atoms with Crippen molar-refractivity contribution < 1.29 is 17.9 Å². The minimum atomic E-state index is -3.76. The number of methoxy groups -OCH3 is 1. The van der Waals surface area contributed by atoms with Crippen molar-refractivity contribution in [2.75, 3.05) is 22.5 Å². The summed E-state index contributed by atoms with van der Waals surface area (Å²) in [6, 6.07) is 10.2. The molecule has 0 radical (unpaired) electrons. The Morgan fingerprint density at radius 1 is 1.03 bits per heavy atom. The number of thiophene rings is 1. The summed E-state index contributed by atoms with van der Waals surface area (Å²) in [5.74, 6) is -0.419. The third-order valence-electron chi connectivity index (χ3n) is 5.52. The van der Waals surface area contributed by atoms with E-state index in [1.165, 1.54) is 30.6 Å². The molecule has 1 aromatic heterocycles. The fraction of sp³-hybridized carbons (Fsp3) is 0.280. The smallest absolute Gasteiger partial charge is 0.341 e. The molecule has 35 heavy (non-hydrogen) atoms. The van der Waals surface area contributed by atoms with E-state index in [2.05, 4.69) is 15.4 Å². The Balaban J connectivity index is 1.75. The Bertz CT molecular complexity index is 1350. The van der Waals surface area contributed by atoms with Crippen molar-refractivity contribution in [1.82, 2.24) is 0 Å². The zero-order valence-corrected chi connectivity index (χ0v) is 23.0. The Hall–Kier alpha value is -2.95. The van der Waals surface area contributed by atoms with E-state index < -0.39 is 16.0 Å². The number of benzene rings is 2. The van der Waals surface area contributed by atoms with Gasteiger partial charge in [0, 0.05) is 10.6 Å². The van der Waals surface area contributed by atoms with Crippen LogP contribution in [0.4, 0.5) is 16.4 Å². The first-order chi connectivity index (χ1) is 16.5. The van der Waals surface area contributed by atoms with Crippen LogP contribution in [0.1, 0.15) is 44.4 Å². The Morgan fingerprint density at radius 2 is 1.63 bits per heavy atom. The molecule has 186 valence electrons. The van der Waals surface area contributed by atoms with Crippen LogP contribution in [0.15, 0.2) is 41.3 Å². The van der Waals surface area contributed by atoms with Gasteiger partial charge in [0.05, 0.1) is 23.3 Å². The van der Waals surface area contributed by atoms with Gasteiger partial charge in [-0.05, 0) is 87.3 Å². The van der Waals surface area contributed by atoms with Crippen molar-refractivity contribution in [3.63, 3.8) is 0 Å². The molecule has 0 aliphatic heterocycles. The number of esters is 1. The molecule has 0 aliphatic rings. The number of ether oxygens (including phenoxy) is 1. The molecule has 0 fully saturated rings. The van der Waals surface area contributed by atoms with Crippen molar-refractivity contribution in [3.05, 3.63) is 69.1 Å². The number of rotatable bonds is 7. The number of hydrogen-bond donors (Lipinski definition) is 3. The maximum atomic E-state index is 12.9. The molecule has 1 heterocycles. The molecule has 3 aromatic rings. The van der Waals surface area contributed by atoms with Crippen LogP contribution in [-0.2, 0) is 21.2 Å². The number of sulfonamides is 1. The number of carbonyl (C=O) groups excluding carboxylic acids is 1. The average Bonchev–Trinajstić information content (AvgIpc) is 3.10. The van der Waals surface area contributed by atoms with Gasteiger partial charge in [0.1, 0.15) is 5.00 Å². The SMILES string of the molecule is CCc1c(C)sc(NC(=S)Nc2ccc(S(=O)(=O)Nc3c(C)cc(C)cc3C)cc2)c1C(=O)OC. The highest BCUT2D eigenvalue weighted by Gasteiger charge is 2.22. The molecule has 0 saturated carbocycles. The maximum absolute atomic E-state index is 12.9. The number of anilines is 3. The lowest BCUT2D eigenvalue weighted by Gasteiger charge is -2.15. The normalized spacial score (nSPS) is 11.1. The largest absolute Gasteiger partial charge is 0.465 e. The van der Waals surface area contributed by atoms with Gasteiger partial charge in [-0.1, -0.05) is 24.6 Å². The fourth-order valence-electron chi connectivity index (χ4n) is 3.93. The van der Waals surface area contributed by atoms with Crippen LogP contribution in [0.25, 0.3) is 0 Å². The molecule has 0 aliphatic carbocycles. The summed E-state index contributed by atoms with van der Waals surface area (Å²) in [4.78, 5) is 13.5. The van der Waals surface area contributed by atoms with Gasteiger partial charge in [-0.2, -0.15) is 0 Å². The molecular formula is C25H29N3O4S3.